The van der Waals surface area contributed by atoms with Crippen LogP contribution >= 0.6 is 0 Å². The number of carbonyl (C=O) groups is 2. The first-order valence-corrected chi connectivity index (χ1v) is 9.68. The fourth-order valence-corrected chi connectivity index (χ4v) is 3.60. The SMILES string of the molecule is CCCCCCCCCCC[C@@H]1OC(=O)c2ccccc2[C@@H]1C(=O)O. The Morgan fingerprint density at radius 3 is 2.24 bits per heavy atom. The Balaban J connectivity index is 1.78. The van der Waals surface area contributed by atoms with Crippen LogP contribution in [0.3, 0.4) is 0 Å². The summed E-state index contributed by atoms with van der Waals surface area (Å²) in [4.78, 5) is 23.8. The molecule has 0 saturated heterocycles. The highest BCUT2D eigenvalue weighted by atomic mass is 16.5. The molecule has 4 heteroatoms. The van der Waals surface area contributed by atoms with Crippen molar-refractivity contribution in [1.82, 2.24) is 0 Å². The molecule has 0 fully saturated rings. The first-order valence-electron chi connectivity index (χ1n) is 9.68. The zero-order chi connectivity index (χ0) is 18.1. The summed E-state index contributed by atoms with van der Waals surface area (Å²) in [5, 5.41) is 9.59. The molecule has 4 nitrogen and oxygen atoms in total. The van der Waals surface area contributed by atoms with E-state index in [1.54, 1.807) is 24.3 Å². The topological polar surface area (TPSA) is 63.6 Å². The number of carboxylic acid groups (broad SMARTS) is 1. The van der Waals surface area contributed by atoms with Gasteiger partial charge in [0.05, 0.1) is 5.56 Å². The van der Waals surface area contributed by atoms with Gasteiger partial charge in [-0.15, -0.1) is 0 Å². The quantitative estimate of drug-likeness (QED) is 0.435. The van der Waals surface area contributed by atoms with Crippen LogP contribution in [0, 0.1) is 0 Å². The normalized spacial score (nSPS) is 19.3. The summed E-state index contributed by atoms with van der Waals surface area (Å²) in [6.45, 7) is 2.22. The number of hydrogen-bond donors (Lipinski definition) is 1. The van der Waals surface area contributed by atoms with E-state index >= 15 is 0 Å². The Morgan fingerprint density at radius 1 is 1.00 bits per heavy atom. The van der Waals surface area contributed by atoms with Crippen molar-refractivity contribution in [3.63, 3.8) is 0 Å². The molecule has 0 unspecified atom stereocenters. The van der Waals surface area contributed by atoms with Gasteiger partial charge in [-0.1, -0.05) is 76.5 Å². The van der Waals surface area contributed by atoms with E-state index in [-0.39, 0.29) is 0 Å². The third kappa shape index (κ3) is 5.58. The zero-order valence-electron chi connectivity index (χ0n) is 15.2. The summed E-state index contributed by atoms with van der Waals surface area (Å²) in [7, 11) is 0. The zero-order valence-corrected chi connectivity index (χ0v) is 15.2. The fourth-order valence-electron chi connectivity index (χ4n) is 3.60. The predicted octanol–water partition coefficient (Wildman–Crippen LogP) is 5.31. The molecule has 0 bridgehead atoms. The lowest BCUT2D eigenvalue weighted by atomic mass is 9.85. The van der Waals surface area contributed by atoms with Gasteiger partial charge >= 0.3 is 11.9 Å². The Morgan fingerprint density at radius 2 is 1.60 bits per heavy atom. The van der Waals surface area contributed by atoms with E-state index in [9.17, 15) is 14.7 Å². The van der Waals surface area contributed by atoms with Crippen molar-refractivity contribution in [1.29, 1.82) is 0 Å². The molecule has 0 aromatic heterocycles. The average molecular weight is 346 g/mol. The van der Waals surface area contributed by atoms with Crippen LogP contribution in [0.4, 0.5) is 0 Å². The van der Waals surface area contributed by atoms with Crippen LogP contribution in [0.5, 0.6) is 0 Å². The summed E-state index contributed by atoms with van der Waals surface area (Å²) < 4.78 is 5.44. The standard InChI is InChI=1S/C21H30O4/c1-2-3-4-5-6-7-8-9-10-15-18-19(20(22)23)16-13-11-12-14-17(16)21(24)25-18/h11-14,18-19H,2-10,15H2,1H3,(H,22,23)/t18-,19-/m0/s1. The van der Waals surface area contributed by atoms with Gasteiger partial charge < -0.3 is 9.84 Å². The number of carboxylic acids is 1. The van der Waals surface area contributed by atoms with E-state index in [1.807, 2.05) is 0 Å². The maximum absolute atomic E-state index is 12.1. The second kappa shape index (κ2) is 10.2. The summed E-state index contributed by atoms with van der Waals surface area (Å²) in [5.74, 6) is -2.06. The Kier molecular flexibility index (Phi) is 7.96. The average Bonchev–Trinajstić information content (AvgIpc) is 2.60. The van der Waals surface area contributed by atoms with E-state index in [4.69, 9.17) is 4.74 Å². The van der Waals surface area contributed by atoms with Gasteiger partial charge in [0.15, 0.2) is 0 Å². The van der Waals surface area contributed by atoms with Crippen molar-refractivity contribution >= 4 is 11.9 Å². The minimum Gasteiger partial charge on any atom is -0.481 e. The number of fused-ring (bicyclic) bond motifs is 1. The second-order valence-corrected chi connectivity index (χ2v) is 6.96. The monoisotopic (exact) mass is 346 g/mol. The molecule has 138 valence electrons. The number of aliphatic carboxylic acids is 1. The molecule has 1 aliphatic heterocycles. The van der Waals surface area contributed by atoms with Crippen LogP contribution in [0.2, 0.25) is 0 Å². The Labute approximate surface area is 150 Å². The number of unbranched alkanes of at least 4 members (excludes halogenated alkanes) is 8. The number of benzene rings is 1. The lowest BCUT2D eigenvalue weighted by molar-refractivity contribution is -0.142. The Bertz CT molecular complexity index is 567. The first-order chi connectivity index (χ1) is 12.1. The number of hydrogen-bond acceptors (Lipinski definition) is 3. The minimum absolute atomic E-state index is 0.387. The lowest BCUT2D eigenvalue weighted by Crippen LogP contribution is -2.36. The first kappa shape index (κ1) is 19.5. The Hall–Kier alpha value is -1.84. The van der Waals surface area contributed by atoms with Crippen LogP contribution in [-0.4, -0.2) is 23.1 Å². The van der Waals surface area contributed by atoms with Crippen molar-refractivity contribution in [3.8, 4) is 0 Å². The summed E-state index contributed by atoms with van der Waals surface area (Å²) in [6.07, 6.45) is 11.0. The molecule has 1 aromatic carbocycles. The predicted molar refractivity (Wildman–Crippen MR) is 97.9 cm³/mol. The van der Waals surface area contributed by atoms with Crippen molar-refractivity contribution in [2.24, 2.45) is 0 Å². The molecule has 0 saturated carbocycles. The van der Waals surface area contributed by atoms with Gasteiger partial charge in [-0.2, -0.15) is 0 Å². The van der Waals surface area contributed by atoms with Crippen LogP contribution in [0.1, 0.15) is 93.0 Å². The highest BCUT2D eigenvalue weighted by molar-refractivity contribution is 5.95. The van der Waals surface area contributed by atoms with Crippen LogP contribution < -0.4 is 0 Å². The van der Waals surface area contributed by atoms with Crippen molar-refractivity contribution < 1.29 is 19.4 Å². The van der Waals surface area contributed by atoms with Crippen LogP contribution in [0.15, 0.2) is 24.3 Å². The van der Waals surface area contributed by atoms with E-state index in [0.29, 0.717) is 17.5 Å². The summed E-state index contributed by atoms with van der Waals surface area (Å²) in [5.41, 5.74) is 0.977. The minimum atomic E-state index is -0.916. The molecule has 2 atom stereocenters. The molecule has 1 aromatic rings. The maximum Gasteiger partial charge on any atom is 0.338 e. The van der Waals surface area contributed by atoms with Gasteiger partial charge in [0.25, 0.3) is 0 Å². The molecule has 1 N–H and O–H groups in total. The molecule has 1 heterocycles. The van der Waals surface area contributed by atoms with E-state index in [2.05, 4.69) is 6.92 Å². The van der Waals surface area contributed by atoms with E-state index < -0.39 is 24.0 Å². The molecular formula is C21H30O4. The van der Waals surface area contributed by atoms with Gasteiger partial charge in [0, 0.05) is 0 Å². The number of esters is 1. The van der Waals surface area contributed by atoms with E-state index in [1.165, 1.54) is 44.9 Å². The van der Waals surface area contributed by atoms with Gasteiger partial charge in [0.1, 0.15) is 12.0 Å². The summed E-state index contributed by atoms with van der Waals surface area (Å²) >= 11 is 0. The molecule has 25 heavy (non-hydrogen) atoms. The van der Waals surface area contributed by atoms with Gasteiger partial charge in [-0.25, -0.2) is 4.79 Å². The van der Waals surface area contributed by atoms with Crippen LogP contribution in [-0.2, 0) is 9.53 Å². The number of carbonyl (C=O) groups excluding carboxylic acids is 1. The largest absolute Gasteiger partial charge is 0.481 e. The number of ether oxygens (including phenoxy) is 1. The third-order valence-corrected chi connectivity index (χ3v) is 5.00. The van der Waals surface area contributed by atoms with E-state index in [0.717, 1.165) is 12.8 Å². The molecule has 0 aliphatic carbocycles. The summed E-state index contributed by atoms with van der Waals surface area (Å²) in [6, 6.07) is 6.89. The second-order valence-electron chi connectivity index (χ2n) is 6.96. The number of rotatable bonds is 11. The van der Waals surface area contributed by atoms with Gasteiger partial charge in [-0.05, 0) is 24.5 Å². The molecule has 0 spiro atoms. The van der Waals surface area contributed by atoms with Gasteiger partial charge in [0.2, 0.25) is 0 Å². The third-order valence-electron chi connectivity index (χ3n) is 5.00. The molecule has 0 amide bonds. The smallest absolute Gasteiger partial charge is 0.338 e. The highest BCUT2D eigenvalue weighted by Gasteiger charge is 2.39. The van der Waals surface area contributed by atoms with Crippen molar-refractivity contribution in [3.05, 3.63) is 35.4 Å². The number of cyclic esters (lactones) is 1. The molecular weight excluding hydrogens is 316 g/mol. The maximum atomic E-state index is 12.1. The highest BCUT2D eigenvalue weighted by Crippen LogP contribution is 2.34. The van der Waals surface area contributed by atoms with Crippen molar-refractivity contribution in [2.75, 3.05) is 0 Å². The van der Waals surface area contributed by atoms with Crippen molar-refractivity contribution in [2.45, 2.75) is 83.2 Å². The molecule has 0 radical (unpaired) electrons. The lowest BCUT2D eigenvalue weighted by Gasteiger charge is -2.30. The van der Waals surface area contributed by atoms with Crippen LogP contribution in [0.25, 0.3) is 0 Å². The van der Waals surface area contributed by atoms with Gasteiger partial charge in [-0.3, -0.25) is 4.79 Å². The molecule has 2 rings (SSSR count). The fraction of sp³-hybridized carbons (Fsp3) is 0.619. The molecule has 1 aliphatic rings.